The molecule has 0 aliphatic rings. The molecule has 0 aliphatic carbocycles. The summed E-state index contributed by atoms with van der Waals surface area (Å²) in [4.78, 5) is 15.5. The predicted molar refractivity (Wildman–Crippen MR) is 53.5 cm³/mol. The number of nitrogens with zero attached hydrogens (tertiary/aromatic N) is 1. The smallest absolute Gasteiger partial charge is 0.213 e. The Morgan fingerprint density at radius 2 is 2.21 bits per heavy atom. The van der Waals surface area contributed by atoms with Crippen LogP contribution in [0.25, 0.3) is 0 Å². The molecule has 4 nitrogen and oxygen atoms in total. The van der Waals surface area contributed by atoms with Gasteiger partial charge in [0, 0.05) is 5.41 Å². The van der Waals surface area contributed by atoms with E-state index in [9.17, 15) is 4.79 Å². The molecule has 0 saturated carbocycles. The number of carbonyl (C=O) groups excluding carboxylic acids is 1. The van der Waals surface area contributed by atoms with Gasteiger partial charge in [0.2, 0.25) is 5.78 Å². The molecule has 0 spiro atoms. The minimum Gasteiger partial charge on any atom is -0.437 e. The molecule has 0 aromatic carbocycles. The molecule has 1 N–H and O–H groups in total. The minimum atomic E-state index is -0.155. The number of oxazole rings is 1. The van der Waals surface area contributed by atoms with E-state index in [1.54, 1.807) is 7.05 Å². The van der Waals surface area contributed by atoms with E-state index in [1.165, 1.54) is 6.20 Å². The molecular weight excluding hydrogens is 180 g/mol. The minimum absolute atomic E-state index is 0.0736. The number of rotatable bonds is 3. The van der Waals surface area contributed by atoms with Crippen molar-refractivity contribution in [2.75, 3.05) is 13.6 Å². The Labute approximate surface area is 83.7 Å². The summed E-state index contributed by atoms with van der Waals surface area (Å²) >= 11 is 0. The molecular formula is C10H16N2O2. The fraction of sp³-hybridized carbons (Fsp3) is 0.600. The second-order valence-corrected chi connectivity index (χ2v) is 4.23. The van der Waals surface area contributed by atoms with Gasteiger partial charge in [-0.1, -0.05) is 20.8 Å². The Hall–Kier alpha value is -1.16. The fourth-order valence-corrected chi connectivity index (χ4v) is 0.997. The van der Waals surface area contributed by atoms with Crippen molar-refractivity contribution in [1.29, 1.82) is 0 Å². The van der Waals surface area contributed by atoms with Crippen molar-refractivity contribution in [3.63, 3.8) is 0 Å². The summed E-state index contributed by atoms with van der Waals surface area (Å²) in [5, 5.41) is 2.78. The van der Waals surface area contributed by atoms with E-state index in [-0.39, 0.29) is 17.7 Å². The summed E-state index contributed by atoms with van der Waals surface area (Å²) in [6, 6.07) is 0. The third-order valence-corrected chi connectivity index (χ3v) is 1.76. The highest BCUT2D eigenvalue weighted by Crippen LogP contribution is 2.21. The maximum absolute atomic E-state index is 11.4. The van der Waals surface area contributed by atoms with Gasteiger partial charge in [0.25, 0.3) is 0 Å². The summed E-state index contributed by atoms with van der Waals surface area (Å²) in [5.41, 5.74) is -0.155. The van der Waals surface area contributed by atoms with Gasteiger partial charge in [-0.3, -0.25) is 4.79 Å². The van der Waals surface area contributed by atoms with Crippen LogP contribution in [-0.4, -0.2) is 24.4 Å². The fourth-order valence-electron chi connectivity index (χ4n) is 0.997. The number of likely N-dealkylation sites (N-methyl/N-ethyl adjacent to an activating group) is 1. The summed E-state index contributed by atoms with van der Waals surface area (Å²) < 4.78 is 5.36. The quantitative estimate of drug-likeness (QED) is 0.742. The van der Waals surface area contributed by atoms with Crippen LogP contribution in [0.4, 0.5) is 0 Å². The van der Waals surface area contributed by atoms with Crippen LogP contribution in [0, 0.1) is 0 Å². The van der Waals surface area contributed by atoms with Crippen molar-refractivity contribution in [3.8, 4) is 0 Å². The maximum Gasteiger partial charge on any atom is 0.213 e. The Morgan fingerprint density at radius 1 is 1.57 bits per heavy atom. The van der Waals surface area contributed by atoms with Crippen LogP contribution in [0.2, 0.25) is 0 Å². The van der Waals surface area contributed by atoms with Crippen molar-refractivity contribution < 1.29 is 9.21 Å². The molecule has 0 aliphatic heterocycles. The molecule has 1 aromatic heterocycles. The summed E-state index contributed by atoms with van der Waals surface area (Å²) in [6.45, 7) is 6.25. The van der Waals surface area contributed by atoms with Crippen molar-refractivity contribution in [2.24, 2.45) is 0 Å². The van der Waals surface area contributed by atoms with Crippen LogP contribution in [0.15, 0.2) is 10.6 Å². The third-order valence-electron chi connectivity index (χ3n) is 1.76. The van der Waals surface area contributed by atoms with Crippen LogP contribution in [-0.2, 0) is 5.41 Å². The monoisotopic (exact) mass is 196 g/mol. The average Bonchev–Trinajstić information content (AvgIpc) is 2.51. The number of hydrogen-bond donors (Lipinski definition) is 1. The zero-order valence-electron chi connectivity index (χ0n) is 9.05. The van der Waals surface area contributed by atoms with E-state index in [2.05, 4.69) is 10.3 Å². The standard InChI is InChI=1S/C10H16N2O2/c1-10(2,3)9-12-6-8(14-9)7(13)5-11-4/h6,11H,5H2,1-4H3. The molecule has 14 heavy (non-hydrogen) atoms. The largest absolute Gasteiger partial charge is 0.437 e. The van der Waals surface area contributed by atoms with Gasteiger partial charge in [-0.2, -0.15) is 0 Å². The van der Waals surface area contributed by atoms with Crippen LogP contribution < -0.4 is 5.32 Å². The normalized spacial score (nSPS) is 11.7. The van der Waals surface area contributed by atoms with Gasteiger partial charge in [-0.05, 0) is 7.05 Å². The first-order valence-corrected chi connectivity index (χ1v) is 4.59. The number of carbonyl (C=O) groups is 1. The molecule has 1 aromatic rings. The Morgan fingerprint density at radius 3 is 2.64 bits per heavy atom. The van der Waals surface area contributed by atoms with E-state index in [0.29, 0.717) is 11.7 Å². The first-order valence-electron chi connectivity index (χ1n) is 4.59. The lowest BCUT2D eigenvalue weighted by molar-refractivity contribution is 0.0963. The third kappa shape index (κ3) is 2.42. The van der Waals surface area contributed by atoms with Gasteiger partial charge in [-0.25, -0.2) is 4.98 Å². The first-order chi connectivity index (χ1) is 6.45. The second-order valence-electron chi connectivity index (χ2n) is 4.23. The van der Waals surface area contributed by atoms with Gasteiger partial charge in [0.05, 0.1) is 12.7 Å². The molecule has 78 valence electrons. The molecule has 1 rings (SSSR count). The van der Waals surface area contributed by atoms with E-state index in [1.807, 2.05) is 20.8 Å². The summed E-state index contributed by atoms with van der Waals surface area (Å²) in [5.74, 6) is 0.844. The average molecular weight is 196 g/mol. The second kappa shape index (κ2) is 3.92. The summed E-state index contributed by atoms with van der Waals surface area (Å²) in [7, 11) is 1.72. The van der Waals surface area contributed by atoms with Gasteiger partial charge in [-0.15, -0.1) is 0 Å². The molecule has 0 radical (unpaired) electrons. The van der Waals surface area contributed by atoms with Gasteiger partial charge >= 0.3 is 0 Å². The molecule has 0 fully saturated rings. The highest BCUT2D eigenvalue weighted by atomic mass is 16.4. The molecule has 0 bridgehead atoms. The number of ketones is 1. The van der Waals surface area contributed by atoms with E-state index < -0.39 is 0 Å². The highest BCUT2D eigenvalue weighted by Gasteiger charge is 2.21. The Balaban J connectivity index is 2.83. The maximum atomic E-state index is 11.4. The van der Waals surface area contributed by atoms with Crippen molar-refractivity contribution in [3.05, 3.63) is 17.8 Å². The zero-order chi connectivity index (χ0) is 10.8. The Kier molecular flexibility index (Phi) is 3.06. The number of hydrogen-bond acceptors (Lipinski definition) is 4. The first kappa shape index (κ1) is 10.9. The molecule has 0 amide bonds. The topological polar surface area (TPSA) is 55.1 Å². The zero-order valence-corrected chi connectivity index (χ0v) is 9.05. The lowest BCUT2D eigenvalue weighted by atomic mass is 9.97. The van der Waals surface area contributed by atoms with Gasteiger partial charge in [0.1, 0.15) is 0 Å². The molecule has 0 saturated heterocycles. The summed E-state index contributed by atoms with van der Waals surface area (Å²) in [6.07, 6.45) is 1.49. The lowest BCUT2D eigenvalue weighted by Crippen LogP contribution is -2.18. The number of nitrogens with one attached hydrogen (secondary N) is 1. The van der Waals surface area contributed by atoms with Gasteiger partial charge in [0.15, 0.2) is 11.7 Å². The highest BCUT2D eigenvalue weighted by molar-refractivity contribution is 5.94. The Bertz CT molecular complexity index is 323. The van der Waals surface area contributed by atoms with Crippen molar-refractivity contribution in [2.45, 2.75) is 26.2 Å². The van der Waals surface area contributed by atoms with E-state index >= 15 is 0 Å². The number of aromatic nitrogens is 1. The molecule has 0 atom stereocenters. The van der Waals surface area contributed by atoms with Crippen molar-refractivity contribution >= 4 is 5.78 Å². The van der Waals surface area contributed by atoms with Crippen LogP contribution in [0.1, 0.15) is 37.2 Å². The molecule has 0 unspecified atom stereocenters. The van der Waals surface area contributed by atoms with Gasteiger partial charge < -0.3 is 9.73 Å². The molecule has 1 heterocycles. The van der Waals surface area contributed by atoms with E-state index in [4.69, 9.17) is 4.42 Å². The van der Waals surface area contributed by atoms with E-state index in [0.717, 1.165) is 0 Å². The van der Waals surface area contributed by atoms with Crippen molar-refractivity contribution in [1.82, 2.24) is 10.3 Å². The SMILES string of the molecule is CNCC(=O)c1cnc(C(C)(C)C)o1. The predicted octanol–water partition coefficient (Wildman–Crippen LogP) is 1.37. The lowest BCUT2D eigenvalue weighted by Gasteiger charge is -2.11. The van der Waals surface area contributed by atoms with Crippen LogP contribution >= 0.6 is 0 Å². The molecule has 4 heteroatoms. The van der Waals surface area contributed by atoms with Crippen LogP contribution in [0.5, 0.6) is 0 Å². The number of Topliss-reactive ketones (excluding diaryl/α,β-unsaturated/α-hetero) is 1. The van der Waals surface area contributed by atoms with Crippen LogP contribution in [0.3, 0.4) is 0 Å².